The number of ether oxygens (including phenoxy) is 1. The fraction of sp³-hybridized carbons (Fsp3) is 0.533. The van der Waals surface area contributed by atoms with Crippen LogP contribution < -0.4 is 10.1 Å². The van der Waals surface area contributed by atoms with Crippen molar-refractivity contribution in [2.75, 3.05) is 26.2 Å². The van der Waals surface area contributed by atoms with E-state index in [1.807, 2.05) is 12.1 Å². The molecule has 0 radical (unpaired) electrons. The normalized spacial score (nSPS) is 15.5. The second kappa shape index (κ2) is 5.51. The summed E-state index contributed by atoms with van der Waals surface area (Å²) in [7, 11) is 0. The molecule has 19 heavy (non-hydrogen) atoms. The second-order valence-electron chi connectivity index (χ2n) is 5.84. The molecule has 1 aromatic carbocycles. The number of benzene rings is 1. The largest absolute Gasteiger partial charge is 0.492 e. The Bertz CT molecular complexity index is 434. The van der Waals surface area contributed by atoms with Gasteiger partial charge in [-0.1, -0.05) is 32.9 Å². The van der Waals surface area contributed by atoms with Gasteiger partial charge in [-0.15, -0.1) is 0 Å². The van der Waals surface area contributed by atoms with E-state index in [4.69, 9.17) is 4.74 Å². The zero-order chi connectivity index (χ0) is 13.9. The quantitative estimate of drug-likeness (QED) is 0.905. The summed E-state index contributed by atoms with van der Waals surface area (Å²) in [5, 5.41) is 2.77. The number of hydrogen-bond acceptors (Lipinski definition) is 2. The molecule has 0 spiro atoms. The van der Waals surface area contributed by atoms with Crippen LogP contribution in [0.15, 0.2) is 24.3 Å². The minimum atomic E-state index is 0.00619. The van der Waals surface area contributed by atoms with Crippen LogP contribution in [0.1, 0.15) is 26.3 Å². The van der Waals surface area contributed by atoms with Crippen molar-refractivity contribution in [3.8, 4) is 5.75 Å². The smallest absolute Gasteiger partial charge is 0.317 e. The minimum absolute atomic E-state index is 0.00619. The Morgan fingerprint density at radius 2 is 1.95 bits per heavy atom. The van der Waals surface area contributed by atoms with Crippen molar-refractivity contribution in [1.29, 1.82) is 0 Å². The van der Waals surface area contributed by atoms with E-state index in [0.717, 1.165) is 18.8 Å². The first-order valence-corrected chi connectivity index (χ1v) is 6.73. The Morgan fingerprint density at radius 3 is 2.47 bits per heavy atom. The molecule has 2 rings (SSSR count). The molecule has 1 aliphatic heterocycles. The van der Waals surface area contributed by atoms with Gasteiger partial charge in [0.05, 0.1) is 6.54 Å². The molecule has 1 saturated heterocycles. The maximum absolute atomic E-state index is 11.3. The number of carbonyl (C=O) groups excluding carboxylic acids is 1. The van der Waals surface area contributed by atoms with E-state index in [1.54, 1.807) is 4.90 Å². The van der Waals surface area contributed by atoms with Gasteiger partial charge in [0.25, 0.3) is 0 Å². The maximum Gasteiger partial charge on any atom is 0.317 e. The van der Waals surface area contributed by atoms with Gasteiger partial charge >= 0.3 is 6.03 Å². The lowest BCUT2D eigenvalue weighted by molar-refractivity contribution is 0.202. The van der Waals surface area contributed by atoms with Crippen LogP contribution in [0.3, 0.4) is 0 Å². The van der Waals surface area contributed by atoms with Crippen molar-refractivity contribution in [2.24, 2.45) is 0 Å². The van der Waals surface area contributed by atoms with E-state index in [0.29, 0.717) is 13.2 Å². The van der Waals surface area contributed by atoms with Gasteiger partial charge in [-0.25, -0.2) is 4.79 Å². The lowest BCUT2D eigenvalue weighted by Gasteiger charge is -2.19. The van der Waals surface area contributed by atoms with Crippen LogP contribution in [-0.4, -0.2) is 37.2 Å². The molecule has 1 aliphatic rings. The minimum Gasteiger partial charge on any atom is -0.492 e. The van der Waals surface area contributed by atoms with Crippen LogP contribution in [0, 0.1) is 0 Å². The molecule has 4 nitrogen and oxygen atoms in total. The molecule has 0 aliphatic carbocycles. The van der Waals surface area contributed by atoms with Crippen molar-refractivity contribution in [2.45, 2.75) is 26.2 Å². The van der Waals surface area contributed by atoms with Crippen LogP contribution in [-0.2, 0) is 5.41 Å². The standard InChI is InChI=1S/C15H22N2O2/c1-15(2,3)12-4-6-13(7-5-12)19-11-10-17-9-8-16-14(17)18/h4-7H,8-11H2,1-3H3,(H,16,18). The highest BCUT2D eigenvalue weighted by Gasteiger charge is 2.18. The Hall–Kier alpha value is -1.71. The molecule has 1 fully saturated rings. The SMILES string of the molecule is CC(C)(C)c1ccc(OCCN2CCNC2=O)cc1. The van der Waals surface area contributed by atoms with Gasteiger partial charge in [0, 0.05) is 13.1 Å². The van der Waals surface area contributed by atoms with E-state index in [-0.39, 0.29) is 11.4 Å². The first-order valence-electron chi connectivity index (χ1n) is 6.73. The first kappa shape index (κ1) is 13.7. The Morgan fingerprint density at radius 1 is 1.26 bits per heavy atom. The zero-order valence-electron chi connectivity index (χ0n) is 11.9. The van der Waals surface area contributed by atoms with Gasteiger partial charge in [0.1, 0.15) is 12.4 Å². The van der Waals surface area contributed by atoms with Gasteiger partial charge in [-0.3, -0.25) is 0 Å². The van der Waals surface area contributed by atoms with Crippen LogP contribution >= 0.6 is 0 Å². The van der Waals surface area contributed by atoms with Crippen molar-refractivity contribution >= 4 is 6.03 Å². The third-order valence-corrected chi connectivity index (χ3v) is 3.30. The van der Waals surface area contributed by atoms with E-state index in [1.165, 1.54) is 5.56 Å². The Labute approximate surface area is 114 Å². The Kier molecular flexibility index (Phi) is 3.98. The summed E-state index contributed by atoms with van der Waals surface area (Å²) in [6.45, 7) is 9.23. The number of nitrogens with one attached hydrogen (secondary N) is 1. The summed E-state index contributed by atoms with van der Waals surface area (Å²) in [6.07, 6.45) is 0. The molecule has 1 N–H and O–H groups in total. The van der Waals surface area contributed by atoms with Gasteiger partial charge in [0.2, 0.25) is 0 Å². The topological polar surface area (TPSA) is 41.6 Å². The predicted octanol–water partition coefficient (Wildman–Crippen LogP) is 2.39. The highest BCUT2D eigenvalue weighted by Crippen LogP contribution is 2.24. The fourth-order valence-electron chi connectivity index (χ4n) is 2.05. The van der Waals surface area contributed by atoms with Gasteiger partial charge in [-0.05, 0) is 23.1 Å². The summed E-state index contributed by atoms with van der Waals surface area (Å²) in [5.41, 5.74) is 1.45. The summed E-state index contributed by atoms with van der Waals surface area (Å²) < 4.78 is 5.66. The molecule has 1 aromatic rings. The van der Waals surface area contributed by atoms with E-state index in [2.05, 4.69) is 38.2 Å². The fourth-order valence-corrected chi connectivity index (χ4v) is 2.05. The van der Waals surface area contributed by atoms with E-state index in [9.17, 15) is 4.79 Å². The molecular formula is C15H22N2O2. The molecule has 104 valence electrons. The molecule has 0 aromatic heterocycles. The predicted molar refractivity (Wildman–Crippen MR) is 75.6 cm³/mol. The van der Waals surface area contributed by atoms with E-state index >= 15 is 0 Å². The van der Waals surface area contributed by atoms with Crippen LogP contribution in [0.5, 0.6) is 5.75 Å². The number of urea groups is 1. The lowest BCUT2D eigenvalue weighted by atomic mass is 9.87. The van der Waals surface area contributed by atoms with Crippen molar-refractivity contribution in [3.63, 3.8) is 0 Å². The third-order valence-electron chi connectivity index (χ3n) is 3.30. The highest BCUT2D eigenvalue weighted by molar-refractivity contribution is 5.76. The maximum atomic E-state index is 11.3. The molecule has 4 heteroatoms. The van der Waals surface area contributed by atoms with Crippen LogP contribution in [0.4, 0.5) is 4.79 Å². The number of rotatable bonds is 4. The Balaban J connectivity index is 1.82. The number of amides is 2. The molecule has 0 bridgehead atoms. The molecular weight excluding hydrogens is 240 g/mol. The summed E-state index contributed by atoms with van der Waals surface area (Å²) >= 11 is 0. The van der Waals surface area contributed by atoms with Gasteiger partial charge < -0.3 is 15.0 Å². The van der Waals surface area contributed by atoms with Crippen molar-refractivity contribution in [3.05, 3.63) is 29.8 Å². The van der Waals surface area contributed by atoms with Crippen LogP contribution in [0.2, 0.25) is 0 Å². The summed E-state index contributed by atoms with van der Waals surface area (Å²) in [5.74, 6) is 0.854. The first-order chi connectivity index (χ1) is 8.97. The number of hydrogen-bond donors (Lipinski definition) is 1. The highest BCUT2D eigenvalue weighted by atomic mass is 16.5. The number of carbonyl (C=O) groups is 1. The van der Waals surface area contributed by atoms with Gasteiger partial charge in [0.15, 0.2) is 0 Å². The molecule has 2 amide bonds. The van der Waals surface area contributed by atoms with Crippen LogP contribution in [0.25, 0.3) is 0 Å². The molecule has 0 saturated carbocycles. The second-order valence-corrected chi connectivity index (χ2v) is 5.84. The van der Waals surface area contributed by atoms with Gasteiger partial charge in [-0.2, -0.15) is 0 Å². The van der Waals surface area contributed by atoms with Crippen molar-refractivity contribution in [1.82, 2.24) is 10.2 Å². The average Bonchev–Trinajstić information content (AvgIpc) is 2.75. The molecule has 0 unspecified atom stereocenters. The molecule has 1 heterocycles. The summed E-state index contributed by atoms with van der Waals surface area (Å²) in [4.78, 5) is 13.1. The molecule has 0 atom stereocenters. The zero-order valence-corrected chi connectivity index (χ0v) is 11.9. The summed E-state index contributed by atoms with van der Waals surface area (Å²) in [6, 6.07) is 8.18. The van der Waals surface area contributed by atoms with E-state index < -0.39 is 0 Å². The average molecular weight is 262 g/mol. The monoisotopic (exact) mass is 262 g/mol. The third kappa shape index (κ3) is 3.63. The lowest BCUT2D eigenvalue weighted by Crippen LogP contribution is -2.31. The number of nitrogens with zero attached hydrogens (tertiary/aromatic N) is 1. The van der Waals surface area contributed by atoms with Crippen molar-refractivity contribution < 1.29 is 9.53 Å².